The topological polar surface area (TPSA) is 52.7 Å². The van der Waals surface area contributed by atoms with Gasteiger partial charge in [-0.3, -0.25) is 9.69 Å². The van der Waals surface area contributed by atoms with Crippen LogP contribution in [0.2, 0.25) is 0 Å². The minimum atomic E-state index is -0.683. The van der Waals surface area contributed by atoms with Gasteiger partial charge in [-0.05, 0) is 43.2 Å². The Morgan fingerprint density at radius 3 is 2.58 bits per heavy atom. The predicted octanol–water partition coefficient (Wildman–Crippen LogP) is 2.45. The highest BCUT2D eigenvalue weighted by molar-refractivity contribution is 6.07. The molecule has 3 aliphatic rings. The van der Waals surface area contributed by atoms with E-state index in [-0.39, 0.29) is 11.9 Å². The zero-order valence-electron chi connectivity index (χ0n) is 14.0. The molecule has 3 amide bonds. The number of amides is 3. The summed E-state index contributed by atoms with van der Waals surface area (Å²) in [5.41, 5.74) is 1.91. The van der Waals surface area contributed by atoms with Crippen LogP contribution in [0.25, 0.3) is 5.57 Å². The number of imide groups is 1. The molecule has 5 nitrogen and oxygen atoms in total. The molecule has 0 unspecified atom stereocenters. The van der Waals surface area contributed by atoms with Crippen molar-refractivity contribution in [1.29, 1.82) is 0 Å². The van der Waals surface area contributed by atoms with Crippen LogP contribution >= 0.6 is 0 Å². The van der Waals surface area contributed by atoms with E-state index in [0.717, 1.165) is 32.4 Å². The highest BCUT2D eigenvalue weighted by Crippen LogP contribution is 2.42. The second-order valence-corrected chi connectivity index (χ2v) is 7.20. The van der Waals surface area contributed by atoms with Crippen LogP contribution in [0.4, 0.5) is 4.79 Å². The van der Waals surface area contributed by atoms with E-state index >= 15 is 0 Å². The summed E-state index contributed by atoms with van der Waals surface area (Å²) < 4.78 is 0. The first-order valence-electron chi connectivity index (χ1n) is 8.69. The van der Waals surface area contributed by atoms with Crippen LogP contribution in [0.15, 0.2) is 36.4 Å². The van der Waals surface area contributed by atoms with Crippen molar-refractivity contribution in [3.05, 3.63) is 42.0 Å². The quantitative estimate of drug-likeness (QED) is 0.865. The molecule has 0 bridgehead atoms. The van der Waals surface area contributed by atoms with Crippen LogP contribution in [0.3, 0.4) is 0 Å². The van der Waals surface area contributed by atoms with E-state index in [4.69, 9.17) is 0 Å². The normalized spacial score (nSPS) is 28.0. The summed E-state index contributed by atoms with van der Waals surface area (Å²) in [5.74, 6) is 0.248. The Bertz CT molecular complexity index is 696. The molecule has 4 rings (SSSR count). The van der Waals surface area contributed by atoms with Gasteiger partial charge in [0.2, 0.25) is 0 Å². The smallest absolute Gasteiger partial charge is 0.323 e. The Morgan fingerprint density at radius 1 is 1.21 bits per heavy atom. The van der Waals surface area contributed by atoms with Gasteiger partial charge in [0.05, 0.1) is 6.67 Å². The molecule has 0 aromatic heterocycles. The third-order valence-electron chi connectivity index (χ3n) is 5.47. The number of carbonyl (C=O) groups excluding carboxylic acids is 2. The van der Waals surface area contributed by atoms with Gasteiger partial charge in [0, 0.05) is 13.1 Å². The van der Waals surface area contributed by atoms with Gasteiger partial charge in [-0.1, -0.05) is 36.4 Å². The van der Waals surface area contributed by atoms with Crippen LogP contribution < -0.4 is 5.32 Å². The van der Waals surface area contributed by atoms with Gasteiger partial charge in [-0.15, -0.1) is 0 Å². The first-order valence-corrected chi connectivity index (χ1v) is 8.69. The number of carbonyl (C=O) groups is 2. The maximum atomic E-state index is 12.7. The number of hydrogen-bond acceptors (Lipinski definition) is 3. The molecule has 2 fully saturated rings. The molecule has 1 aromatic carbocycles. The maximum Gasteiger partial charge on any atom is 0.326 e. The molecular formula is C19H23N3O2. The molecule has 2 aliphatic heterocycles. The molecule has 2 heterocycles. The number of hydrogen-bond donors (Lipinski definition) is 1. The highest BCUT2D eigenvalue weighted by atomic mass is 16.2. The van der Waals surface area contributed by atoms with Gasteiger partial charge < -0.3 is 5.32 Å². The second kappa shape index (κ2) is 5.74. The van der Waals surface area contributed by atoms with Crippen molar-refractivity contribution in [2.75, 3.05) is 19.8 Å². The number of rotatable bonds is 4. The van der Waals surface area contributed by atoms with Gasteiger partial charge in [0.1, 0.15) is 5.54 Å². The lowest BCUT2D eigenvalue weighted by Gasteiger charge is -2.29. The van der Waals surface area contributed by atoms with Crippen molar-refractivity contribution in [1.82, 2.24) is 15.1 Å². The number of benzene rings is 1. The number of nitrogens with one attached hydrogen (secondary N) is 1. The van der Waals surface area contributed by atoms with Gasteiger partial charge in [0.15, 0.2) is 0 Å². The fourth-order valence-electron chi connectivity index (χ4n) is 3.74. The van der Waals surface area contributed by atoms with Crippen LogP contribution in [0.1, 0.15) is 31.7 Å². The first kappa shape index (κ1) is 15.4. The summed E-state index contributed by atoms with van der Waals surface area (Å²) in [7, 11) is 0. The molecule has 1 N–H and O–H groups in total. The summed E-state index contributed by atoms with van der Waals surface area (Å²) in [6.45, 7) is 3.87. The van der Waals surface area contributed by atoms with E-state index in [1.54, 1.807) is 0 Å². The van der Waals surface area contributed by atoms with Crippen LogP contribution in [0, 0.1) is 5.92 Å². The van der Waals surface area contributed by atoms with E-state index in [0.29, 0.717) is 12.6 Å². The Hall–Kier alpha value is -2.14. The minimum Gasteiger partial charge on any atom is -0.323 e. The van der Waals surface area contributed by atoms with Crippen molar-refractivity contribution in [3.8, 4) is 0 Å². The summed E-state index contributed by atoms with van der Waals surface area (Å²) in [6.07, 6.45) is 5.21. The molecule has 1 saturated heterocycles. The monoisotopic (exact) mass is 325 g/mol. The standard InChI is InChI=1S/C19H23N3O2/c1-19(16-7-8-16)17(23)22(18(24)20-19)13-21-11-9-15(10-12-21)14-5-3-2-4-6-14/h2-6,9,16H,7-8,10-13H2,1H3,(H,20,24)/t19-/m1/s1. The van der Waals surface area contributed by atoms with Crippen molar-refractivity contribution in [3.63, 3.8) is 0 Å². The molecule has 0 radical (unpaired) electrons. The highest BCUT2D eigenvalue weighted by Gasteiger charge is 2.56. The molecular weight excluding hydrogens is 302 g/mol. The second-order valence-electron chi connectivity index (χ2n) is 7.20. The Morgan fingerprint density at radius 2 is 1.96 bits per heavy atom. The largest absolute Gasteiger partial charge is 0.326 e. The maximum absolute atomic E-state index is 12.7. The summed E-state index contributed by atoms with van der Waals surface area (Å²) in [5, 5.41) is 2.91. The van der Waals surface area contributed by atoms with Crippen molar-refractivity contribution < 1.29 is 9.59 Å². The molecule has 24 heavy (non-hydrogen) atoms. The summed E-state index contributed by atoms with van der Waals surface area (Å²) >= 11 is 0. The van der Waals surface area contributed by atoms with Crippen molar-refractivity contribution in [2.45, 2.75) is 31.7 Å². The van der Waals surface area contributed by atoms with E-state index < -0.39 is 5.54 Å². The number of urea groups is 1. The first-order chi connectivity index (χ1) is 11.6. The zero-order valence-corrected chi connectivity index (χ0v) is 14.0. The van der Waals surface area contributed by atoms with Gasteiger partial charge in [-0.2, -0.15) is 0 Å². The van der Waals surface area contributed by atoms with Gasteiger partial charge in [-0.25, -0.2) is 9.69 Å². The lowest BCUT2D eigenvalue weighted by molar-refractivity contribution is -0.132. The third kappa shape index (κ3) is 2.63. The Labute approximate surface area is 142 Å². The average molecular weight is 325 g/mol. The lowest BCUT2D eigenvalue weighted by Crippen LogP contribution is -2.47. The van der Waals surface area contributed by atoms with Crippen LogP contribution in [0.5, 0.6) is 0 Å². The molecule has 126 valence electrons. The molecule has 1 atom stereocenters. The van der Waals surface area contributed by atoms with Crippen LogP contribution in [-0.4, -0.2) is 47.0 Å². The average Bonchev–Trinajstić information content (AvgIpc) is 3.43. The van der Waals surface area contributed by atoms with Gasteiger partial charge >= 0.3 is 6.03 Å². The minimum absolute atomic E-state index is 0.0622. The number of nitrogens with zero attached hydrogens (tertiary/aromatic N) is 2. The Balaban J connectivity index is 1.41. The van der Waals surface area contributed by atoms with Crippen LogP contribution in [-0.2, 0) is 4.79 Å². The molecule has 1 aliphatic carbocycles. The van der Waals surface area contributed by atoms with Crippen molar-refractivity contribution >= 4 is 17.5 Å². The molecule has 1 saturated carbocycles. The molecule has 5 heteroatoms. The lowest BCUT2D eigenvalue weighted by atomic mass is 9.96. The third-order valence-corrected chi connectivity index (χ3v) is 5.47. The fourth-order valence-corrected chi connectivity index (χ4v) is 3.74. The van der Waals surface area contributed by atoms with E-state index in [1.807, 2.05) is 13.0 Å². The predicted molar refractivity (Wildman–Crippen MR) is 92.0 cm³/mol. The van der Waals surface area contributed by atoms with E-state index in [1.165, 1.54) is 16.0 Å². The summed E-state index contributed by atoms with van der Waals surface area (Å²) in [4.78, 5) is 28.5. The van der Waals surface area contributed by atoms with E-state index in [2.05, 4.69) is 40.6 Å². The van der Waals surface area contributed by atoms with Crippen molar-refractivity contribution in [2.24, 2.45) is 5.92 Å². The van der Waals surface area contributed by atoms with Gasteiger partial charge in [0.25, 0.3) is 5.91 Å². The fraction of sp³-hybridized carbons (Fsp3) is 0.474. The Kier molecular flexibility index (Phi) is 3.68. The SMILES string of the molecule is C[C@]1(C2CC2)NC(=O)N(CN2CC=C(c3ccccc3)CC2)C1=O. The molecule has 0 spiro atoms. The molecule has 1 aromatic rings. The summed E-state index contributed by atoms with van der Waals surface area (Å²) in [6, 6.07) is 10.1. The zero-order chi connectivity index (χ0) is 16.7. The van der Waals surface area contributed by atoms with E-state index in [9.17, 15) is 9.59 Å².